The summed E-state index contributed by atoms with van der Waals surface area (Å²) in [5, 5.41) is 4.83. The number of hydrogen-bond acceptors (Lipinski definition) is 3. The first-order valence-electron chi connectivity index (χ1n) is 6.66. The minimum atomic E-state index is 0.533. The lowest BCUT2D eigenvalue weighted by Crippen LogP contribution is -2.32. The van der Waals surface area contributed by atoms with Gasteiger partial charge in [-0.2, -0.15) is 0 Å². The number of rotatable bonds is 5. The molecule has 1 saturated carbocycles. The van der Waals surface area contributed by atoms with Crippen LogP contribution < -0.4 is 5.32 Å². The molecule has 2 rings (SSSR count). The Hall–Kier alpha value is -0.180. The summed E-state index contributed by atoms with van der Waals surface area (Å²) >= 11 is 1.91. The third-order valence-corrected chi connectivity index (χ3v) is 4.58. The van der Waals surface area contributed by atoms with E-state index in [0.717, 1.165) is 5.92 Å². The molecule has 1 heterocycles. The third-order valence-electron chi connectivity index (χ3n) is 3.58. The van der Waals surface area contributed by atoms with E-state index in [0.29, 0.717) is 18.0 Å². The number of nitrogens with one attached hydrogen (secondary N) is 1. The van der Waals surface area contributed by atoms with Gasteiger partial charge in [-0.3, -0.25) is 4.99 Å². The Morgan fingerprint density at radius 3 is 2.69 bits per heavy atom. The maximum Gasteiger partial charge on any atom is 0.157 e. The molecule has 0 saturated heterocycles. The van der Waals surface area contributed by atoms with Crippen LogP contribution in [-0.2, 0) is 0 Å². The van der Waals surface area contributed by atoms with Crippen molar-refractivity contribution in [1.29, 1.82) is 0 Å². The zero-order valence-electron chi connectivity index (χ0n) is 10.7. The summed E-state index contributed by atoms with van der Waals surface area (Å²) in [6.07, 6.45) is 5.48. The van der Waals surface area contributed by atoms with Gasteiger partial charge in [-0.05, 0) is 24.7 Å². The number of thioether (sulfide) groups is 1. The molecule has 0 spiro atoms. The van der Waals surface area contributed by atoms with Gasteiger partial charge in [0.2, 0.25) is 0 Å². The predicted octanol–water partition coefficient (Wildman–Crippen LogP) is 3.28. The Morgan fingerprint density at radius 1 is 1.44 bits per heavy atom. The first-order chi connectivity index (χ1) is 7.69. The molecular weight excluding hydrogens is 216 g/mol. The molecule has 1 N–H and O–H groups in total. The van der Waals surface area contributed by atoms with Crippen LogP contribution in [-0.4, -0.2) is 23.0 Å². The number of aliphatic imine (C=N–C) groups is 1. The molecule has 0 aromatic carbocycles. The van der Waals surface area contributed by atoms with Gasteiger partial charge in [0.05, 0.1) is 6.04 Å². The lowest BCUT2D eigenvalue weighted by Gasteiger charge is -2.17. The molecule has 0 aromatic heterocycles. The second-order valence-corrected chi connectivity index (χ2v) is 6.49. The minimum absolute atomic E-state index is 0.533. The van der Waals surface area contributed by atoms with E-state index in [9.17, 15) is 0 Å². The van der Waals surface area contributed by atoms with Gasteiger partial charge >= 0.3 is 0 Å². The van der Waals surface area contributed by atoms with Crippen molar-refractivity contribution in [3.05, 3.63) is 0 Å². The fourth-order valence-corrected chi connectivity index (χ4v) is 3.32. The summed E-state index contributed by atoms with van der Waals surface area (Å²) in [6.45, 7) is 6.80. The summed E-state index contributed by atoms with van der Waals surface area (Å²) in [6, 6.07) is 1.19. The molecule has 0 radical (unpaired) electrons. The topological polar surface area (TPSA) is 24.4 Å². The van der Waals surface area contributed by atoms with Crippen molar-refractivity contribution in [3.63, 3.8) is 0 Å². The lowest BCUT2D eigenvalue weighted by atomic mass is 10.1. The SMILES string of the molecule is CCC(CC1CC1)NC1=NC(C(C)C)CS1. The molecule has 1 aliphatic heterocycles. The van der Waals surface area contributed by atoms with Crippen LogP contribution >= 0.6 is 11.8 Å². The normalized spacial score (nSPS) is 27.0. The van der Waals surface area contributed by atoms with Crippen LogP contribution in [0, 0.1) is 11.8 Å². The van der Waals surface area contributed by atoms with Crippen LogP contribution in [0.2, 0.25) is 0 Å². The van der Waals surface area contributed by atoms with Gasteiger partial charge in [-0.25, -0.2) is 0 Å². The summed E-state index contributed by atoms with van der Waals surface area (Å²) < 4.78 is 0. The zero-order chi connectivity index (χ0) is 11.5. The van der Waals surface area contributed by atoms with Crippen LogP contribution in [0.1, 0.15) is 46.5 Å². The molecule has 0 bridgehead atoms. The van der Waals surface area contributed by atoms with E-state index in [1.807, 2.05) is 11.8 Å². The molecule has 1 fully saturated rings. The molecule has 16 heavy (non-hydrogen) atoms. The average molecular weight is 240 g/mol. The van der Waals surface area contributed by atoms with Gasteiger partial charge in [0.25, 0.3) is 0 Å². The Balaban J connectivity index is 1.80. The average Bonchev–Trinajstić information content (AvgIpc) is 2.93. The molecule has 92 valence electrons. The summed E-state index contributed by atoms with van der Waals surface area (Å²) in [7, 11) is 0. The Kier molecular flexibility index (Phi) is 4.17. The van der Waals surface area contributed by atoms with Gasteiger partial charge in [0, 0.05) is 11.8 Å². The van der Waals surface area contributed by atoms with Crippen LogP contribution in [0.15, 0.2) is 4.99 Å². The van der Waals surface area contributed by atoms with Gasteiger partial charge in [-0.15, -0.1) is 0 Å². The summed E-state index contributed by atoms with van der Waals surface area (Å²) in [4.78, 5) is 4.77. The smallest absolute Gasteiger partial charge is 0.157 e. The van der Waals surface area contributed by atoms with Crippen molar-refractivity contribution in [3.8, 4) is 0 Å². The van der Waals surface area contributed by atoms with E-state index in [1.165, 1.54) is 36.6 Å². The van der Waals surface area contributed by atoms with E-state index < -0.39 is 0 Å². The molecule has 1 aliphatic carbocycles. The molecule has 0 aromatic rings. The van der Waals surface area contributed by atoms with Gasteiger partial charge in [0.1, 0.15) is 0 Å². The molecular formula is C13H24N2S. The molecule has 3 heteroatoms. The monoisotopic (exact) mass is 240 g/mol. The minimum Gasteiger partial charge on any atom is -0.362 e. The van der Waals surface area contributed by atoms with Crippen molar-refractivity contribution in [2.45, 2.75) is 58.5 Å². The van der Waals surface area contributed by atoms with Crippen LogP contribution in [0.5, 0.6) is 0 Å². The Morgan fingerprint density at radius 2 is 2.19 bits per heavy atom. The Labute approximate surface area is 104 Å². The summed E-state index contributed by atoms with van der Waals surface area (Å²) in [5.74, 6) is 2.85. The highest BCUT2D eigenvalue weighted by Gasteiger charge is 2.27. The standard InChI is InChI=1S/C13H24N2S/c1-4-11(7-10-5-6-10)14-13-15-12(8-16-13)9(2)3/h9-12H,4-8H2,1-3H3,(H,14,15). The maximum atomic E-state index is 4.77. The second-order valence-electron chi connectivity index (χ2n) is 5.49. The van der Waals surface area contributed by atoms with E-state index in [2.05, 4.69) is 26.1 Å². The van der Waals surface area contributed by atoms with Gasteiger partial charge in [0.15, 0.2) is 5.17 Å². The number of nitrogens with zero attached hydrogens (tertiary/aromatic N) is 1. The maximum absolute atomic E-state index is 4.77. The quantitative estimate of drug-likeness (QED) is 0.797. The molecule has 2 unspecified atom stereocenters. The first kappa shape index (κ1) is 12.3. The highest BCUT2D eigenvalue weighted by atomic mass is 32.2. The van der Waals surface area contributed by atoms with Crippen LogP contribution in [0.3, 0.4) is 0 Å². The van der Waals surface area contributed by atoms with Crippen molar-refractivity contribution < 1.29 is 0 Å². The van der Waals surface area contributed by atoms with Crippen molar-refractivity contribution in [2.24, 2.45) is 16.8 Å². The number of amidine groups is 1. The largest absolute Gasteiger partial charge is 0.362 e. The fourth-order valence-electron chi connectivity index (χ4n) is 2.07. The summed E-state index contributed by atoms with van der Waals surface area (Å²) in [5.41, 5.74) is 0. The van der Waals surface area contributed by atoms with E-state index in [-0.39, 0.29) is 0 Å². The molecule has 2 nitrogen and oxygen atoms in total. The highest BCUT2D eigenvalue weighted by Crippen LogP contribution is 2.34. The van der Waals surface area contributed by atoms with Crippen LogP contribution in [0.25, 0.3) is 0 Å². The van der Waals surface area contributed by atoms with Gasteiger partial charge < -0.3 is 5.32 Å². The fraction of sp³-hybridized carbons (Fsp3) is 0.923. The van der Waals surface area contributed by atoms with E-state index >= 15 is 0 Å². The highest BCUT2D eigenvalue weighted by molar-refractivity contribution is 8.14. The molecule has 2 aliphatic rings. The molecule has 0 amide bonds. The van der Waals surface area contributed by atoms with E-state index in [4.69, 9.17) is 4.99 Å². The predicted molar refractivity (Wildman–Crippen MR) is 73.1 cm³/mol. The zero-order valence-corrected chi connectivity index (χ0v) is 11.5. The van der Waals surface area contributed by atoms with Crippen molar-refractivity contribution in [1.82, 2.24) is 5.32 Å². The van der Waals surface area contributed by atoms with Crippen LogP contribution in [0.4, 0.5) is 0 Å². The first-order valence-corrected chi connectivity index (χ1v) is 7.64. The van der Waals surface area contributed by atoms with E-state index in [1.54, 1.807) is 0 Å². The molecule has 2 atom stereocenters. The van der Waals surface area contributed by atoms with Gasteiger partial charge in [-0.1, -0.05) is 45.4 Å². The lowest BCUT2D eigenvalue weighted by molar-refractivity contribution is 0.507. The second kappa shape index (κ2) is 5.44. The Bertz CT molecular complexity index is 259. The van der Waals surface area contributed by atoms with Crippen molar-refractivity contribution in [2.75, 3.05) is 5.75 Å². The third kappa shape index (κ3) is 3.41. The number of hydrogen-bond donors (Lipinski definition) is 1. The van der Waals surface area contributed by atoms with Crippen molar-refractivity contribution >= 4 is 16.9 Å².